The zero-order chi connectivity index (χ0) is 19.4. The maximum Gasteiger partial charge on any atom is 0.255 e. The van der Waals surface area contributed by atoms with Crippen LogP contribution in [0.5, 0.6) is 0 Å². The summed E-state index contributed by atoms with van der Waals surface area (Å²) in [4.78, 5) is 21.3. The summed E-state index contributed by atoms with van der Waals surface area (Å²) in [6, 6.07) is 15.5. The fourth-order valence-electron chi connectivity index (χ4n) is 2.75. The van der Waals surface area contributed by atoms with Gasteiger partial charge >= 0.3 is 0 Å². The molecule has 0 saturated heterocycles. The number of nitrogens with one attached hydrogen (secondary N) is 1. The van der Waals surface area contributed by atoms with E-state index >= 15 is 0 Å². The first kappa shape index (κ1) is 18.5. The van der Waals surface area contributed by atoms with E-state index in [1.807, 2.05) is 74.4 Å². The van der Waals surface area contributed by atoms with E-state index in [-0.39, 0.29) is 5.91 Å². The first-order chi connectivity index (χ1) is 13.0. The number of carbonyl (C=O) groups excluding carboxylic acids is 1. The highest BCUT2D eigenvalue weighted by atomic mass is 16.3. The van der Waals surface area contributed by atoms with Crippen molar-refractivity contribution in [2.24, 2.45) is 0 Å². The molecule has 0 radical (unpaired) electrons. The molecule has 3 aromatic rings. The van der Waals surface area contributed by atoms with Crippen molar-refractivity contribution in [2.45, 2.75) is 6.54 Å². The Labute approximate surface area is 159 Å². The fourth-order valence-corrected chi connectivity index (χ4v) is 2.75. The van der Waals surface area contributed by atoms with Crippen LogP contribution < -0.4 is 15.1 Å². The van der Waals surface area contributed by atoms with Crippen molar-refractivity contribution in [3.8, 4) is 11.3 Å². The minimum Gasteiger partial charge on any atom is -0.467 e. The second-order valence-electron chi connectivity index (χ2n) is 6.67. The third-order valence-electron chi connectivity index (χ3n) is 4.20. The SMILES string of the molecule is CN(C)c1cccc(-c2ccc(C(=O)NCc3ccco3)c(N(C)C)n2)c1. The number of anilines is 2. The number of nitrogens with zero attached hydrogens (tertiary/aromatic N) is 3. The van der Waals surface area contributed by atoms with Crippen molar-refractivity contribution < 1.29 is 9.21 Å². The first-order valence-electron chi connectivity index (χ1n) is 8.72. The van der Waals surface area contributed by atoms with E-state index in [4.69, 9.17) is 9.40 Å². The minimum atomic E-state index is -0.184. The molecule has 6 heteroatoms. The summed E-state index contributed by atoms with van der Waals surface area (Å²) >= 11 is 0. The smallest absolute Gasteiger partial charge is 0.255 e. The molecule has 0 spiro atoms. The maximum atomic E-state index is 12.6. The Hall–Kier alpha value is -3.28. The predicted octanol–water partition coefficient (Wildman–Crippen LogP) is 3.40. The second kappa shape index (κ2) is 7.95. The topological polar surface area (TPSA) is 61.6 Å². The largest absolute Gasteiger partial charge is 0.467 e. The molecule has 0 aliphatic rings. The average molecular weight is 364 g/mol. The highest BCUT2D eigenvalue weighted by Crippen LogP contribution is 2.26. The first-order valence-corrected chi connectivity index (χ1v) is 8.72. The van der Waals surface area contributed by atoms with Gasteiger partial charge in [0.1, 0.15) is 11.6 Å². The standard InChI is InChI=1S/C21H24N4O2/c1-24(2)16-8-5-7-15(13-16)19-11-10-18(20(23-19)25(3)4)21(26)22-14-17-9-6-12-27-17/h5-13H,14H2,1-4H3,(H,22,26). The Bertz CT molecular complexity index is 918. The number of hydrogen-bond acceptors (Lipinski definition) is 5. The van der Waals surface area contributed by atoms with E-state index in [0.717, 1.165) is 16.9 Å². The van der Waals surface area contributed by atoms with E-state index in [1.54, 1.807) is 12.3 Å². The van der Waals surface area contributed by atoms with Crippen LogP contribution in [0.3, 0.4) is 0 Å². The van der Waals surface area contributed by atoms with Crippen LogP contribution in [-0.2, 0) is 6.54 Å². The number of pyridine rings is 1. The number of carbonyl (C=O) groups is 1. The van der Waals surface area contributed by atoms with Gasteiger partial charge in [-0.3, -0.25) is 4.79 Å². The third-order valence-corrected chi connectivity index (χ3v) is 4.20. The Morgan fingerprint density at radius 1 is 1.04 bits per heavy atom. The molecule has 1 N–H and O–H groups in total. The van der Waals surface area contributed by atoms with E-state index in [9.17, 15) is 4.79 Å². The van der Waals surface area contributed by atoms with Crippen molar-refractivity contribution >= 4 is 17.4 Å². The minimum absolute atomic E-state index is 0.184. The Morgan fingerprint density at radius 3 is 2.52 bits per heavy atom. The average Bonchev–Trinajstić information content (AvgIpc) is 3.19. The van der Waals surface area contributed by atoms with E-state index in [1.165, 1.54) is 0 Å². The zero-order valence-corrected chi connectivity index (χ0v) is 16.1. The van der Waals surface area contributed by atoms with Crippen LogP contribution >= 0.6 is 0 Å². The molecule has 2 heterocycles. The molecule has 0 saturated carbocycles. The molecule has 1 amide bonds. The summed E-state index contributed by atoms with van der Waals surface area (Å²) in [5.74, 6) is 1.15. The molecule has 6 nitrogen and oxygen atoms in total. The molecule has 0 fully saturated rings. The molecule has 3 rings (SSSR count). The van der Waals surface area contributed by atoms with Gasteiger partial charge in [0, 0.05) is 39.4 Å². The van der Waals surface area contributed by atoms with Gasteiger partial charge in [0.2, 0.25) is 0 Å². The van der Waals surface area contributed by atoms with Crippen LogP contribution in [0.25, 0.3) is 11.3 Å². The van der Waals surface area contributed by atoms with Crippen LogP contribution in [0.1, 0.15) is 16.1 Å². The second-order valence-corrected chi connectivity index (χ2v) is 6.67. The van der Waals surface area contributed by atoms with E-state index < -0.39 is 0 Å². The normalized spacial score (nSPS) is 10.5. The Morgan fingerprint density at radius 2 is 1.85 bits per heavy atom. The van der Waals surface area contributed by atoms with Crippen molar-refractivity contribution in [3.05, 3.63) is 66.1 Å². The van der Waals surface area contributed by atoms with Crippen LogP contribution in [0, 0.1) is 0 Å². The number of rotatable bonds is 6. The van der Waals surface area contributed by atoms with Crippen LogP contribution in [-0.4, -0.2) is 39.1 Å². The molecule has 0 atom stereocenters. The summed E-state index contributed by atoms with van der Waals surface area (Å²) in [7, 11) is 7.77. The van der Waals surface area contributed by atoms with E-state index in [2.05, 4.69) is 11.4 Å². The van der Waals surface area contributed by atoms with Gasteiger partial charge in [0.25, 0.3) is 5.91 Å². The molecule has 0 bridgehead atoms. The summed E-state index contributed by atoms with van der Waals surface area (Å²) in [6.07, 6.45) is 1.59. The maximum absolute atomic E-state index is 12.6. The van der Waals surface area contributed by atoms with Gasteiger partial charge in [0.15, 0.2) is 0 Å². The van der Waals surface area contributed by atoms with Gasteiger partial charge in [-0.05, 0) is 36.4 Å². The van der Waals surface area contributed by atoms with Gasteiger partial charge in [-0.2, -0.15) is 0 Å². The predicted molar refractivity (Wildman–Crippen MR) is 108 cm³/mol. The number of furan rings is 1. The van der Waals surface area contributed by atoms with Crippen LogP contribution in [0.15, 0.2) is 59.2 Å². The van der Waals surface area contributed by atoms with Gasteiger partial charge < -0.3 is 19.5 Å². The van der Waals surface area contributed by atoms with Crippen LogP contribution in [0.4, 0.5) is 11.5 Å². The van der Waals surface area contributed by atoms with Crippen molar-refractivity contribution in [1.29, 1.82) is 0 Å². The highest BCUT2D eigenvalue weighted by molar-refractivity contribution is 5.99. The molecular weight excluding hydrogens is 340 g/mol. The molecule has 0 unspecified atom stereocenters. The monoisotopic (exact) mass is 364 g/mol. The Balaban J connectivity index is 1.88. The quantitative estimate of drug-likeness (QED) is 0.726. The summed E-state index contributed by atoms with van der Waals surface area (Å²) in [6.45, 7) is 0.339. The van der Waals surface area contributed by atoms with Gasteiger partial charge in [0.05, 0.1) is 24.1 Å². The Kier molecular flexibility index (Phi) is 5.45. The van der Waals surface area contributed by atoms with Gasteiger partial charge in [-0.1, -0.05) is 12.1 Å². The molecule has 0 aliphatic carbocycles. The lowest BCUT2D eigenvalue weighted by atomic mass is 10.1. The summed E-state index contributed by atoms with van der Waals surface area (Å²) in [5, 5.41) is 2.87. The van der Waals surface area contributed by atoms with E-state index in [0.29, 0.717) is 23.7 Å². The van der Waals surface area contributed by atoms with Crippen molar-refractivity contribution in [1.82, 2.24) is 10.3 Å². The lowest BCUT2D eigenvalue weighted by molar-refractivity contribution is 0.0948. The molecule has 140 valence electrons. The van der Waals surface area contributed by atoms with Gasteiger partial charge in [-0.25, -0.2) is 4.98 Å². The van der Waals surface area contributed by atoms with Crippen molar-refractivity contribution in [3.63, 3.8) is 0 Å². The molecule has 1 aromatic carbocycles. The fraction of sp³-hybridized carbons (Fsp3) is 0.238. The lowest BCUT2D eigenvalue weighted by Gasteiger charge is -2.18. The summed E-state index contributed by atoms with van der Waals surface area (Å²) in [5.41, 5.74) is 3.46. The molecular formula is C21H24N4O2. The summed E-state index contributed by atoms with van der Waals surface area (Å²) < 4.78 is 5.26. The number of benzene rings is 1. The lowest BCUT2D eigenvalue weighted by Crippen LogP contribution is -2.26. The number of aromatic nitrogens is 1. The van der Waals surface area contributed by atoms with Gasteiger partial charge in [-0.15, -0.1) is 0 Å². The third kappa shape index (κ3) is 4.28. The molecule has 27 heavy (non-hydrogen) atoms. The number of amides is 1. The molecule has 0 aliphatic heterocycles. The molecule has 2 aromatic heterocycles. The van der Waals surface area contributed by atoms with Crippen LogP contribution in [0.2, 0.25) is 0 Å². The number of hydrogen-bond donors (Lipinski definition) is 1. The highest BCUT2D eigenvalue weighted by Gasteiger charge is 2.16. The zero-order valence-electron chi connectivity index (χ0n) is 16.1. The van der Waals surface area contributed by atoms with Crippen molar-refractivity contribution in [2.75, 3.05) is 38.0 Å².